The molecule has 1 atom stereocenters. The van der Waals surface area contributed by atoms with E-state index in [1.165, 1.54) is 5.69 Å². The molecule has 1 unspecified atom stereocenters. The van der Waals surface area contributed by atoms with Crippen molar-refractivity contribution in [3.63, 3.8) is 0 Å². The van der Waals surface area contributed by atoms with Crippen LogP contribution in [0.15, 0.2) is 24.4 Å². The minimum Gasteiger partial charge on any atom is -0.271 e. The van der Waals surface area contributed by atoms with E-state index in [1.807, 2.05) is 19.2 Å². The van der Waals surface area contributed by atoms with Gasteiger partial charge in [-0.25, -0.2) is 0 Å². The summed E-state index contributed by atoms with van der Waals surface area (Å²) in [6.45, 7) is 7.10. The quantitative estimate of drug-likeness (QED) is 0.623. The lowest BCUT2D eigenvalue weighted by molar-refractivity contribution is 0.516. The maximum absolute atomic E-state index is 5.73. The van der Waals surface area contributed by atoms with Gasteiger partial charge in [0.25, 0.3) is 0 Å². The average Bonchev–Trinajstić information content (AvgIpc) is 2.87. The number of nitrogens with zero attached hydrogens (tertiary/aromatic N) is 3. The van der Waals surface area contributed by atoms with Gasteiger partial charge in [0, 0.05) is 30.6 Å². The lowest BCUT2D eigenvalue weighted by Crippen LogP contribution is -2.30. The number of nitrogens with one attached hydrogen (secondary N) is 1. The summed E-state index contributed by atoms with van der Waals surface area (Å²) >= 11 is 0. The van der Waals surface area contributed by atoms with Gasteiger partial charge in [-0.05, 0) is 44.0 Å². The molecule has 0 fully saturated rings. The molecule has 3 N–H and O–H groups in total. The number of aryl methyl sites for hydroxylation is 3. The van der Waals surface area contributed by atoms with Crippen molar-refractivity contribution in [1.29, 1.82) is 0 Å². The summed E-state index contributed by atoms with van der Waals surface area (Å²) in [5, 5.41) is 4.58. The van der Waals surface area contributed by atoms with E-state index >= 15 is 0 Å². The fourth-order valence-electron chi connectivity index (χ4n) is 2.39. The van der Waals surface area contributed by atoms with Crippen LogP contribution >= 0.6 is 0 Å². The molecule has 0 radical (unpaired) electrons. The van der Waals surface area contributed by atoms with Crippen molar-refractivity contribution in [2.45, 2.75) is 46.2 Å². The Bertz CT molecular complexity index is 561. The molecule has 2 rings (SSSR count). The van der Waals surface area contributed by atoms with E-state index < -0.39 is 0 Å². The molecule has 0 aliphatic carbocycles. The van der Waals surface area contributed by atoms with Crippen LogP contribution < -0.4 is 11.3 Å². The molecule has 0 aliphatic heterocycles. The highest BCUT2D eigenvalue weighted by atomic mass is 15.3. The first kappa shape index (κ1) is 14.7. The molecule has 5 heteroatoms. The fraction of sp³-hybridized carbons (Fsp3) is 0.467. The lowest BCUT2D eigenvalue weighted by atomic mass is 10.0. The molecule has 0 saturated carbocycles. The van der Waals surface area contributed by atoms with Crippen LogP contribution in [0, 0.1) is 6.92 Å². The van der Waals surface area contributed by atoms with Crippen molar-refractivity contribution in [3.05, 3.63) is 47.0 Å². The van der Waals surface area contributed by atoms with E-state index in [4.69, 9.17) is 5.84 Å². The van der Waals surface area contributed by atoms with E-state index in [1.54, 1.807) is 0 Å². The monoisotopic (exact) mass is 273 g/mol. The van der Waals surface area contributed by atoms with Crippen LogP contribution in [0.1, 0.15) is 42.5 Å². The Hall–Kier alpha value is -1.72. The number of pyridine rings is 1. The van der Waals surface area contributed by atoms with Crippen LogP contribution in [-0.2, 0) is 19.4 Å². The second-order valence-electron chi connectivity index (χ2n) is 4.95. The van der Waals surface area contributed by atoms with Gasteiger partial charge in [0.2, 0.25) is 0 Å². The van der Waals surface area contributed by atoms with Gasteiger partial charge in [-0.1, -0.05) is 6.92 Å². The molecular formula is C15H23N5. The molecule has 2 aromatic heterocycles. The van der Waals surface area contributed by atoms with Crippen molar-refractivity contribution in [1.82, 2.24) is 20.2 Å². The molecule has 0 bridgehead atoms. The second kappa shape index (κ2) is 6.63. The van der Waals surface area contributed by atoms with Crippen LogP contribution in [0.5, 0.6) is 0 Å². The minimum absolute atomic E-state index is 0.0726. The van der Waals surface area contributed by atoms with Crippen LogP contribution in [0.25, 0.3) is 0 Å². The first-order valence-corrected chi connectivity index (χ1v) is 7.12. The average molecular weight is 273 g/mol. The standard InChI is InChI=1S/C15H23N5/c1-4-13-9-14(20(5-2)19-13)10-15(18-16)12-6-7-17-11(3)8-12/h6-9,15,18H,4-5,10,16H2,1-3H3. The first-order valence-electron chi connectivity index (χ1n) is 7.12. The number of hydrogen-bond acceptors (Lipinski definition) is 4. The molecule has 0 spiro atoms. The third-order valence-electron chi connectivity index (χ3n) is 3.51. The third kappa shape index (κ3) is 3.23. The number of aromatic nitrogens is 3. The minimum atomic E-state index is 0.0726. The van der Waals surface area contributed by atoms with Crippen LogP contribution in [0.2, 0.25) is 0 Å². The van der Waals surface area contributed by atoms with Crippen molar-refractivity contribution in [3.8, 4) is 0 Å². The zero-order valence-electron chi connectivity index (χ0n) is 12.4. The number of hydrogen-bond donors (Lipinski definition) is 2. The zero-order valence-corrected chi connectivity index (χ0v) is 12.4. The van der Waals surface area contributed by atoms with Crippen molar-refractivity contribution in [2.75, 3.05) is 0 Å². The van der Waals surface area contributed by atoms with Gasteiger partial charge in [0.05, 0.1) is 11.7 Å². The fourth-order valence-corrected chi connectivity index (χ4v) is 2.39. The van der Waals surface area contributed by atoms with Crippen LogP contribution in [0.3, 0.4) is 0 Å². The predicted molar refractivity (Wildman–Crippen MR) is 80.0 cm³/mol. The Kier molecular flexibility index (Phi) is 4.87. The van der Waals surface area contributed by atoms with Gasteiger partial charge < -0.3 is 0 Å². The first-order chi connectivity index (χ1) is 9.67. The SMILES string of the molecule is CCc1cc(CC(NN)c2ccnc(C)c2)n(CC)n1. The van der Waals surface area contributed by atoms with E-state index in [2.05, 4.69) is 46.2 Å². The lowest BCUT2D eigenvalue weighted by Gasteiger charge is -2.17. The molecule has 108 valence electrons. The molecule has 2 heterocycles. The van der Waals surface area contributed by atoms with E-state index in [0.717, 1.165) is 36.3 Å². The number of hydrazine groups is 1. The summed E-state index contributed by atoms with van der Waals surface area (Å²) in [6, 6.07) is 6.31. The van der Waals surface area contributed by atoms with E-state index in [0.29, 0.717) is 0 Å². The second-order valence-corrected chi connectivity index (χ2v) is 4.95. The topological polar surface area (TPSA) is 68.8 Å². The Labute approximate surface area is 120 Å². The van der Waals surface area contributed by atoms with Gasteiger partial charge in [-0.3, -0.25) is 20.9 Å². The molecular weight excluding hydrogens is 250 g/mol. The highest BCUT2D eigenvalue weighted by molar-refractivity contribution is 5.22. The Morgan fingerprint density at radius 1 is 1.35 bits per heavy atom. The summed E-state index contributed by atoms with van der Waals surface area (Å²) < 4.78 is 2.05. The zero-order chi connectivity index (χ0) is 14.5. The summed E-state index contributed by atoms with van der Waals surface area (Å²) in [4.78, 5) is 4.23. The van der Waals surface area contributed by atoms with E-state index in [9.17, 15) is 0 Å². The summed E-state index contributed by atoms with van der Waals surface area (Å²) in [7, 11) is 0. The summed E-state index contributed by atoms with van der Waals surface area (Å²) in [5.74, 6) is 5.73. The van der Waals surface area contributed by atoms with Gasteiger partial charge in [-0.2, -0.15) is 5.10 Å². The Morgan fingerprint density at radius 3 is 2.75 bits per heavy atom. The number of rotatable bonds is 6. The Balaban J connectivity index is 2.24. The van der Waals surface area contributed by atoms with Crippen LogP contribution in [-0.4, -0.2) is 14.8 Å². The van der Waals surface area contributed by atoms with Gasteiger partial charge in [0.15, 0.2) is 0 Å². The molecule has 20 heavy (non-hydrogen) atoms. The summed E-state index contributed by atoms with van der Waals surface area (Å²) in [6.07, 6.45) is 3.60. The highest BCUT2D eigenvalue weighted by Gasteiger charge is 2.15. The molecule has 5 nitrogen and oxygen atoms in total. The molecule has 0 aliphatic rings. The van der Waals surface area contributed by atoms with Crippen molar-refractivity contribution in [2.24, 2.45) is 5.84 Å². The van der Waals surface area contributed by atoms with Gasteiger partial charge >= 0.3 is 0 Å². The van der Waals surface area contributed by atoms with Crippen molar-refractivity contribution < 1.29 is 0 Å². The smallest absolute Gasteiger partial charge is 0.0624 e. The molecule has 0 saturated heterocycles. The Morgan fingerprint density at radius 2 is 2.15 bits per heavy atom. The largest absolute Gasteiger partial charge is 0.271 e. The van der Waals surface area contributed by atoms with Gasteiger partial charge in [0.1, 0.15) is 0 Å². The normalized spacial score (nSPS) is 12.6. The van der Waals surface area contributed by atoms with Crippen LogP contribution in [0.4, 0.5) is 0 Å². The molecule has 0 aromatic carbocycles. The molecule has 2 aromatic rings. The van der Waals surface area contributed by atoms with Gasteiger partial charge in [-0.15, -0.1) is 0 Å². The highest BCUT2D eigenvalue weighted by Crippen LogP contribution is 2.19. The maximum Gasteiger partial charge on any atom is 0.0624 e. The van der Waals surface area contributed by atoms with E-state index in [-0.39, 0.29) is 6.04 Å². The molecule has 0 amide bonds. The van der Waals surface area contributed by atoms with Crippen molar-refractivity contribution >= 4 is 0 Å². The third-order valence-corrected chi connectivity index (χ3v) is 3.51. The predicted octanol–water partition coefficient (Wildman–Crippen LogP) is 1.92. The number of nitrogens with two attached hydrogens (primary N) is 1. The summed E-state index contributed by atoms with van der Waals surface area (Å²) in [5.41, 5.74) is 7.40. The maximum atomic E-state index is 5.73.